The van der Waals surface area contributed by atoms with Crippen LogP contribution in [0.3, 0.4) is 0 Å². The van der Waals surface area contributed by atoms with Crippen molar-refractivity contribution in [3.63, 3.8) is 0 Å². The van der Waals surface area contributed by atoms with E-state index in [-0.39, 0.29) is 6.61 Å². The van der Waals surface area contributed by atoms with Gasteiger partial charge in [-0.25, -0.2) is 9.97 Å². The third-order valence-electron chi connectivity index (χ3n) is 3.43. The molecule has 0 fully saturated rings. The molecule has 19 heavy (non-hydrogen) atoms. The molecular weight excluding hydrogens is 236 g/mol. The third kappa shape index (κ3) is 3.38. The number of nitrogens with zero attached hydrogens (tertiary/aromatic N) is 2. The van der Waals surface area contributed by atoms with Crippen LogP contribution >= 0.6 is 0 Å². The number of aliphatic hydroxyl groups is 1. The predicted molar refractivity (Wildman–Crippen MR) is 77.0 cm³/mol. The predicted octanol–water partition coefficient (Wildman–Crippen LogP) is 3.19. The number of aliphatic hydroxyl groups excluding tert-OH is 1. The maximum atomic E-state index is 8.93. The van der Waals surface area contributed by atoms with Crippen LogP contribution in [0.25, 0.3) is 11.3 Å². The Kier molecular flexibility index (Phi) is 4.63. The minimum Gasteiger partial charge on any atom is -0.396 e. The van der Waals surface area contributed by atoms with E-state index in [1.807, 2.05) is 6.07 Å². The van der Waals surface area contributed by atoms with E-state index in [0.717, 1.165) is 17.7 Å². The Bertz CT molecular complexity index is 523. The average molecular weight is 256 g/mol. The van der Waals surface area contributed by atoms with Gasteiger partial charge in [-0.2, -0.15) is 0 Å². The van der Waals surface area contributed by atoms with Gasteiger partial charge in [0.05, 0.1) is 12.3 Å². The lowest BCUT2D eigenvalue weighted by atomic mass is 9.97. The molecule has 0 saturated carbocycles. The number of hydrogen-bond donors (Lipinski definition) is 1. The Hall–Kier alpha value is -1.74. The van der Waals surface area contributed by atoms with Crippen LogP contribution in [0.2, 0.25) is 0 Å². The lowest BCUT2D eigenvalue weighted by Gasteiger charge is -2.09. The van der Waals surface area contributed by atoms with Crippen LogP contribution in [-0.4, -0.2) is 21.7 Å². The Morgan fingerprint density at radius 1 is 1.16 bits per heavy atom. The normalized spacial score (nSPS) is 12.4. The highest BCUT2D eigenvalue weighted by Gasteiger charge is 2.05. The molecule has 2 rings (SSSR count). The van der Waals surface area contributed by atoms with Crippen LogP contribution in [0.15, 0.2) is 36.5 Å². The van der Waals surface area contributed by atoms with Gasteiger partial charge in [-0.15, -0.1) is 0 Å². The fourth-order valence-electron chi connectivity index (χ4n) is 2.00. The van der Waals surface area contributed by atoms with Crippen molar-refractivity contribution in [2.45, 2.75) is 32.6 Å². The van der Waals surface area contributed by atoms with Crippen LogP contribution in [-0.2, 0) is 6.42 Å². The molecule has 0 bridgehead atoms. The van der Waals surface area contributed by atoms with Crippen LogP contribution in [0.1, 0.15) is 37.6 Å². The molecule has 0 spiro atoms. The first-order valence-electron chi connectivity index (χ1n) is 6.77. The average Bonchev–Trinajstić information content (AvgIpc) is 2.47. The SMILES string of the molecule is CCC(C)c1ccc(-c2ccnc(CCO)n2)cc1. The fraction of sp³-hybridized carbons (Fsp3) is 0.375. The van der Waals surface area contributed by atoms with Gasteiger partial charge in [-0.05, 0) is 24.0 Å². The van der Waals surface area contributed by atoms with Crippen molar-refractivity contribution < 1.29 is 5.11 Å². The largest absolute Gasteiger partial charge is 0.396 e. The molecule has 1 unspecified atom stereocenters. The number of aromatic nitrogens is 2. The lowest BCUT2D eigenvalue weighted by molar-refractivity contribution is 0.296. The molecule has 0 amide bonds. The molecule has 1 heterocycles. The summed E-state index contributed by atoms with van der Waals surface area (Å²) in [4.78, 5) is 8.60. The van der Waals surface area contributed by atoms with Crippen LogP contribution in [0.5, 0.6) is 0 Å². The van der Waals surface area contributed by atoms with Gasteiger partial charge in [0.2, 0.25) is 0 Å². The third-order valence-corrected chi connectivity index (χ3v) is 3.43. The molecule has 1 N–H and O–H groups in total. The summed E-state index contributed by atoms with van der Waals surface area (Å²) in [6, 6.07) is 10.4. The summed E-state index contributed by atoms with van der Waals surface area (Å²) in [5.74, 6) is 1.27. The summed E-state index contributed by atoms with van der Waals surface area (Å²) in [6.45, 7) is 4.51. The molecule has 0 aliphatic rings. The van der Waals surface area contributed by atoms with Crippen molar-refractivity contribution in [3.05, 3.63) is 47.9 Å². The van der Waals surface area contributed by atoms with E-state index in [2.05, 4.69) is 48.1 Å². The smallest absolute Gasteiger partial charge is 0.131 e. The zero-order valence-corrected chi connectivity index (χ0v) is 11.5. The van der Waals surface area contributed by atoms with Crippen molar-refractivity contribution >= 4 is 0 Å². The van der Waals surface area contributed by atoms with Crippen LogP contribution in [0.4, 0.5) is 0 Å². The van der Waals surface area contributed by atoms with Gasteiger partial charge in [0, 0.05) is 18.2 Å². The monoisotopic (exact) mass is 256 g/mol. The summed E-state index contributed by atoms with van der Waals surface area (Å²) in [6.07, 6.45) is 3.39. The molecule has 1 atom stereocenters. The van der Waals surface area contributed by atoms with Gasteiger partial charge < -0.3 is 5.11 Å². The summed E-state index contributed by atoms with van der Waals surface area (Å²) in [7, 11) is 0. The Morgan fingerprint density at radius 3 is 2.53 bits per heavy atom. The molecule has 1 aromatic heterocycles. The van der Waals surface area contributed by atoms with E-state index in [4.69, 9.17) is 5.11 Å². The van der Waals surface area contributed by atoms with Crippen LogP contribution in [0, 0.1) is 0 Å². The molecule has 0 aliphatic carbocycles. The second-order valence-corrected chi connectivity index (χ2v) is 4.76. The summed E-state index contributed by atoms with van der Waals surface area (Å²) in [5, 5.41) is 8.93. The molecule has 1 aromatic carbocycles. The highest BCUT2D eigenvalue weighted by Crippen LogP contribution is 2.22. The van der Waals surface area contributed by atoms with E-state index in [1.54, 1.807) is 6.20 Å². The van der Waals surface area contributed by atoms with Crippen LogP contribution < -0.4 is 0 Å². The summed E-state index contributed by atoms with van der Waals surface area (Å²) in [5.41, 5.74) is 3.36. The quantitative estimate of drug-likeness (QED) is 0.893. The number of hydrogen-bond acceptors (Lipinski definition) is 3. The first-order chi connectivity index (χ1) is 9.24. The Balaban J connectivity index is 2.24. The van der Waals surface area contributed by atoms with Crippen molar-refractivity contribution in [2.24, 2.45) is 0 Å². The highest BCUT2D eigenvalue weighted by atomic mass is 16.3. The summed E-state index contributed by atoms with van der Waals surface area (Å²) >= 11 is 0. The minimum absolute atomic E-state index is 0.0798. The molecule has 3 heteroatoms. The van der Waals surface area contributed by atoms with E-state index < -0.39 is 0 Å². The van der Waals surface area contributed by atoms with Gasteiger partial charge in [-0.3, -0.25) is 0 Å². The topological polar surface area (TPSA) is 46.0 Å². The maximum Gasteiger partial charge on any atom is 0.131 e. The fourth-order valence-corrected chi connectivity index (χ4v) is 2.00. The lowest BCUT2D eigenvalue weighted by Crippen LogP contribution is -1.99. The Labute approximate surface area is 114 Å². The van der Waals surface area contributed by atoms with Gasteiger partial charge in [-0.1, -0.05) is 38.1 Å². The van der Waals surface area contributed by atoms with E-state index in [0.29, 0.717) is 18.2 Å². The second-order valence-electron chi connectivity index (χ2n) is 4.76. The van der Waals surface area contributed by atoms with Crippen molar-refractivity contribution in [2.75, 3.05) is 6.61 Å². The van der Waals surface area contributed by atoms with Gasteiger partial charge in [0.25, 0.3) is 0 Å². The molecule has 0 radical (unpaired) electrons. The molecule has 100 valence electrons. The first-order valence-corrected chi connectivity index (χ1v) is 6.77. The number of benzene rings is 1. The van der Waals surface area contributed by atoms with Gasteiger partial charge in [0.1, 0.15) is 5.82 Å². The molecule has 0 saturated heterocycles. The second kappa shape index (κ2) is 6.43. The summed E-state index contributed by atoms with van der Waals surface area (Å²) < 4.78 is 0. The first kappa shape index (κ1) is 13.7. The zero-order chi connectivity index (χ0) is 13.7. The van der Waals surface area contributed by atoms with Crippen molar-refractivity contribution in [1.82, 2.24) is 9.97 Å². The van der Waals surface area contributed by atoms with E-state index in [1.165, 1.54) is 5.56 Å². The van der Waals surface area contributed by atoms with Crippen molar-refractivity contribution in [3.8, 4) is 11.3 Å². The molecule has 0 aliphatic heterocycles. The maximum absolute atomic E-state index is 8.93. The van der Waals surface area contributed by atoms with Crippen molar-refractivity contribution in [1.29, 1.82) is 0 Å². The van der Waals surface area contributed by atoms with Gasteiger partial charge >= 0.3 is 0 Å². The zero-order valence-electron chi connectivity index (χ0n) is 11.5. The molecule has 2 aromatic rings. The van der Waals surface area contributed by atoms with E-state index >= 15 is 0 Å². The highest BCUT2D eigenvalue weighted by molar-refractivity contribution is 5.59. The minimum atomic E-state index is 0.0798. The standard InChI is InChI=1S/C16H20N2O/c1-3-12(2)13-4-6-14(7-5-13)15-8-10-17-16(18-15)9-11-19/h4-8,10,12,19H,3,9,11H2,1-2H3. The molecular formula is C16H20N2O. The molecule has 3 nitrogen and oxygen atoms in total. The number of rotatable bonds is 5. The Morgan fingerprint density at radius 2 is 1.89 bits per heavy atom. The van der Waals surface area contributed by atoms with E-state index in [9.17, 15) is 0 Å². The van der Waals surface area contributed by atoms with Gasteiger partial charge in [0.15, 0.2) is 0 Å².